The Hall–Kier alpha value is -1.51. The summed E-state index contributed by atoms with van der Waals surface area (Å²) in [6.07, 6.45) is 6.68. The average Bonchev–Trinajstić information content (AvgIpc) is 3.41. The molecule has 8 atom stereocenters. The predicted octanol–water partition coefficient (Wildman–Crippen LogP) is 7.87. The zero-order valence-electron chi connectivity index (χ0n) is 19.9. The third-order valence-electron chi connectivity index (χ3n) is 8.67. The van der Waals surface area contributed by atoms with Gasteiger partial charge in [-0.25, -0.2) is 0 Å². The van der Waals surface area contributed by atoms with E-state index < -0.39 is 0 Å². The Kier molecular flexibility index (Phi) is 6.29. The van der Waals surface area contributed by atoms with Crippen LogP contribution in [0.1, 0.15) is 76.2 Å². The van der Waals surface area contributed by atoms with Crippen molar-refractivity contribution in [1.82, 2.24) is 0 Å². The lowest BCUT2D eigenvalue weighted by Gasteiger charge is -2.44. The van der Waals surface area contributed by atoms with Crippen LogP contribution in [0.3, 0.4) is 0 Å². The molecule has 2 nitrogen and oxygen atoms in total. The van der Waals surface area contributed by atoms with E-state index in [1.165, 1.54) is 36.0 Å². The van der Waals surface area contributed by atoms with Crippen molar-refractivity contribution in [2.75, 3.05) is 0 Å². The highest BCUT2D eigenvalue weighted by molar-refractivity contribution is 6.31. The van der Waals surface area contributed by atoms with Crippen LogP contribution in [0.2, 0.25) is 5.02 Å². The van der Waals surface area contributed by atoms with Crippen LogP contribution in [0.25, 0.3) is 0 Å². The van der Waals surface area contributed by atoms with Gasteiger partial charge in [-0.2, -0.15) is 0 Å². The summed E-state index contributed by atoms with van der Waals surface area (Å²) in [4.78, 5) is 0. The Morgan fingerprint density at radius 3 is 2.31 bits per heavy atom. The Bertz CT molecular complexity index is 927. The summed E-state index contributed by atoms with van der Waals surface area (Å²) in [6.45, 7) is 9.28. The molecular weight excluding hydrogens is 416 g/mol. The van der Waals surface area contributed by atoms with Crippen LogP contribution in [0.4, 0.5) is 0 Å². The quantitative estimate of drug-likeness (QED) is 0.444. The molecule has 0 amide bonds. The maximum absolute atomic E-state index is 6.63. The van der Waals surface area contributed by atoms with E-state index in [2.05, 4.69) is 70.2 Å². The standard InChI is InChI=1S/C29H37ClO2/c1-5-28-18(3)17(2)19(4)29(32-28)21-8-11-27(30)24(13-21)12-20-6-9-25(10-7-20)31-26-15-22-14-23(22)16-26/h6-11,13,17-19,22-23,26,28-29H,5,12,14-16H2,1-4H3/t17-,18-,19+,22-,23+,26+,28+,29+/m0/s1. The van der Waals surface area contributed by atoms with Gasteiger partial charge in [0.25, 0.3) is 0 Å². The molecule has 1 heterocycles. The molecule has 172 valence electrons. The molecule has 1 aliphatic heterocycles. The topological polar surface area (TPSA) is 18.5 Å². The third-order valence-corrected chi connectivity index (χ3v) is 9.03. The lowest BCUT2D eigenvalue weighted by molar-refractivity contribution is -0.136. The van der Waals surface area contributed by atoms with Crippen molar-refractivity contribution >= 4 is 11.6 Å². The largest absolute Gasteiger partial charge is 0.490 e. The van der Waals surface area contributed by atoms with Crippen LogP contribution in [0, 0.1) is 29.6 Å². The van der Waals surface area contributed by atoms with Crippen molar-refractivity contribution < 1.29 is 9.47 Å². The second-order valence-electron chi connectivity index (χ2n) is 10.7. The Labute approximate surface area is 198 Å². The van der Waals surface area contributed by atoms with E-state index in [1.807, 2.05) is 0 Å². The molecule has 3 fully saturated rings. The summed E-state index contributed by atoms with van der Waals surface area (Å²) in [7, 11) is 0. The first-order chi connectivity index (χ1) is 15.4. The van der Waals surface area contributed by atoms with Gasteiger partial charge in [0.15, 0.2) is 0 Å². The van der Waals surface area contributed by atoms with Crippen LogP contribution < -0.4 is 4.74 Å². The molecule has 0 unspecified atom stereocenters. The summed E-state index contributed by atoms with van der Waals surface area (Å²) in [5.74, 6) is 4.61. The number of rotatable bonds is 6. The molecule has 3 heteroatoms. The molecule has 3 aliphatic rings. The summed E-state index contributed by atoms with van der Waals surface area (Å²) in [5, 5.41) is 0.830. The minimum Gasteiger partial charge on any atom is -0.490 e. The van der Waals surface area contributed by atoms with Crippen LogP contribution in [0.15, 0.2) is 42.5 Å². The first kappa shape index (κ1) is 22.3. The number of fused-ring (bicyclic) bond motifs is 1. The van der Waals surface area contributed by atoms with Gasteiger partial charge in [0.1, 0.15) is 5.75 Å². The highest BCUT2D eigenvalue weighted by Crippen LogP contribution is 2.52. The molecule has 0 aromatic heterocycles. The molecule has 0 spiro atoms. The van der Waals surface area contributed by atoms with Crippen molar-refractivity contribution in [2.45, 2.75) is 78.1 Å². The van der Waals surface area contributed by atoms with Crippen molar-refractivity contribution in [1.29, 1.82) is 0 Å². The highest BCUT2D eigenvalue weighted by atomic mass is 35.5. The number of benzene rings is 2. The van der Waals surface area contributed by atoms with Crippen molar-refractivity contribution in [3.8, 4) is 5.75 Å². The van der Waals surface area contributed by atoms with Gasteiger partial charge in [0, 0.05) is 5.02 Å². The van der Waals surface area contributed by atoms with E-state index >= 15 is 0 Å². The fraction of sp³-hybridized carbons (Fsp3) is 0.586. The normalized spacial score (nSPS) is 36.0. The molecule has 0 bridgehead atoms. The zero-order valence-corrected chi connectivity index (χ0v) is 20.6. The molecule has 5 rings (SSSR count). The monoisotopic (exact) mass is 452 g/mol. The van der Waals surface area contributed by atoms with Gasteiger partial charge in [-0.05, 0) is 96.6 Å². The Balaban J connectivity index is 1.28. The lowest BCUT2D eigenvalue weighted by Crippen LogP contribution is -2.40. The molecule has 32 heavy (non-hydrogen) atoms. The van der Waals surface area contributed by atoms with Crippen LogP contribution in [0.5, 0.6) is 5.75 Å². The lowest BCUT2D eigenvalue weighted by atomic mass is 9.74. The van der Waals surface area contributed by atoms with Crippen LogP contribution in [-0.2, 0) is 11.2 Å². The minimum absolute atomic E-state index is 0.135. The molecule has 2 aromatic carbocycles. The molecule has 0 N–H and O–H groups in total. The minimum atomic E-state index is 0.135. The van der Waals surface area contributed by atoms with E-state index in [9.17, 15) is 0 Å². The first-order valence-corrected chi connectivity index (χ1v) is 13.0. The van der Waals surface area contributed by atoms with Gasteiger partial charge in [-0.15, -0.1) is 0 Å². The zero-order chi connectivity index (χ0) is 22.4. The Morgan fingerprint density at radius 1 is 0.906 bits per heavy atom. The number of ether oxygens (including phenoxy) is 2. The van der Waals surface area contributed by atoms with Crippen molar-refractivity contribution in [3.63, 3.8) is 0 Å². The molecule has 2 saturated carbocycles. The molecule has 0 radical (unpaired) electrons. The second-order valence-corrected chi connectivity index (χ2v) is 11.1. The van der Waals surface area contributed by atoms with Gasteiger partial charge in [0.2, 0.25) is 0 Å². The Morgan fingerprint density at radius 2 is 1.62 bits per heavy atom. The predicted molar refractivity (Wildman–Crippen MR) is 131 cm³/mol. The van der Waals surface area contributed by atoms with Crippen molar-refractivity contribution in [2.24, 2.45) is 29.6 Å². The van der Waals surface area contributed by atoms with E-state index in [1.54, 1.807) is 0 Å². The van der Waals surface area contributed by atoms with Gasteiger partial charge < -0.3 is 9.47 Å². The fourth-order valence-corrected chi connectivity index (χ4v) is 6.32. The molecular formula is C29H37ClO2. The van der Waals surface area contributed by atoms with E-state index in [0.717, 1.165) is 35.4 Å². The number of hydrogen-bond acceptors (Lipinski definition) is 2. The molecule has 2 aromatic rings. The second kappa shape index (κ2) is 9.03. The SMILES string of the molecule is CC[C@H]1O[C@@H](c2ccc(Cl)c(Cc3ccc(O[C@@H]4C[C@@H]5C[C@@H]5C4)cc3)c2)[C@H](C)[C@@H](C)[C@@H]1C. The highest BCUT2D eigenvalue weighted by Gasteiger charge is 2.46. The third kappa shape index (κ3) is 4.46. The van der Waals surface area contributed by atoms with Gasteiger partial charge in [-0.1, -0.05) is 63.6 Å². The molecule has 1 saturated heterocycles. The van der Waals surface area contributed by atoms with Crippen molar-refractivity contribution in [3.05, 3.63) is 64.2 Å². The van der Waals surface area contributed by atoms with Crippen LogP contribution >= 0.6 is 11.6 Å². The maximum atomic E-state index is 6.63. The van der Waals surface area contributed by atoms with Crippen LogP contribution in [-0.4, -0.2) is 12.2 Å². The molecule has 2 aliphatic carbocycles. The van der Waals surface area contributed by atoms with Gasteiger partial charge in [0.05, 0.1) is 18.3 Å². The van der Waals surface area contributed by atoms with Gasteiger partial charge >= 0.3 is 0 Å². The summed E-state index contributed by atoms with van der Waals surface area (Å²) < 4.78 is 12.8. The summed E-state index contributed by atoms with van der Waals surface area (Å²) >= 11 is 6.63. The van der Waals surface area contributed by atoms with E-state index in [4.69, 9.17) is 21.1 Å². The summed E-state index contributed by atoms with van der Waals surface area (Å²) in [5.41, 5.74) is 3.69. The number of halogens is 1. The maximum Gasteiger partial charge on any atom is 0.119 e. The summed E-state index contributed by atoms with van der Waals surface area (Å²) in [6, 6.07) is 15.1. The number of hydrogen-bond donors (Lipinski definition) is 0. The van der Waals surface area contributed by atoms with E-state index in [-0.39, 0.29) is 6.10 Å². The van der Waals surface area contributed by atoms with E-state index in [0.29, 0.717) is 30.0 Å². The first-order valence-electron chi connectivity index (χ1n) is 12.6. The average molecular weight is 453 g/mol. The smallest absolute Gasteiger partial charge is 0.119 e. The fourth-order valence-electron chi connectivity index (χ4n) is 6.14. The van der Waals surface area contributed by atoms with Gasteiger partial charge in [-0.3, -0.25) is 0 Å².